The summed E-state index contributed by atoms with van der Waals surface area (Å²) in [6, 6.07) is 14.1. The van der Waals surface area contributed by atoms with Crippen molar-refractivity contribution in [3.05, 3.63) is 64.3 Å². The lowest BCUT2D eigenvalue weighted by Gasteiger charge is -2.21. The largest absolute Gasteiger partial charge is 0.311 e. The van der Waals surface area contributed by atoms with Gasteiger partial charge in [-0.05, 0) is 61.4 Å². The monoisotopic (exact) mass is 408 g/mol. The van der Waals surface area contributed by atoms with E-state index in [-0.39, 0.29) is 5.91 Å². The summed E-state index contributed by atoms with van der Waals surface area (Å²) in [5.41, 5.74) is 5.79. The summed E-state index contributed by atoms with van der Waals surface area (Å²) in [5, 5.41) is 1.82. The molecule has 3 nitrogen and oxygen atoms in total. The van der Waals surface area contributed by atoms with E-state index in [9.17, 15) is 4.79 Å². The van der Waals surface area contributed by atoms with Crippen LogP contribution in [-0.2, 0) is 24.1 Å². The average Bonchev–Trinajstić information content (AvgIpc) is 3.15. The Morgan fingerprint density at radius 2 is 1.96 bits per heavy atom. The highest BCUT2D eigenvalue weighted by Crippen LogP contribution is 2.37. The van der Waals surface area contributed by atoms with Crippen molar-refractivity contribution in [3.63, 3.8) is 0 Å². The molecule has 1 aromatic heterocycles. The molecule has 0 bridgehead atoms. The minimum Gasteiger partial charge on any atom is -0.311 e. The third-order valence-corrected chi connectivity index (χ3v) is 7.08. The molecule has 0 saturated carbocycles. The molecule has 28 heavy (non-hydrogen) atoms. The second-order valence-electron chi connectivity index (χ2n) is 7.45. The van der Waals surface area contributed by atoms with Crippen LogP contribution in [0.2, 0.25) is 5.02 Å². The van der Waals surface area contributed by atoms with Gasteiger partial charge in [-0.3, -0.25) is 9.78 Å². The molecule has 0 saturated heterocycles. The average molecular weight is 409 g/mol. The van der Waals surface area contributed by atoms with E-state index >= 15 is 0 Å². The maximum absolute atomic E-state index is 13.0. The molecule has 5 rings (SSSR count). The quantitative estimate of drug-likeness (QED) is 0.540. The van der Waals surface area contributed by atoms with Crippen molar-refractivity contribution in [2.75, 3.05) is 17.2 Å². The third kappa shape index (κ3) is 3.19. The van der Waals surface area contributed by atoms with Crippen molar-refractivity contribution >= 4 is 45.9 Å². The number of carbonyl (C=O) groups excluding carboxylic acids is 1. The molecule has 142 valence electrons. The summed E-state index contributed by atoms with van der Waals surface area (Å²) < 4.78 is 0. The summed E-state index contributed by atoms with van der Waals surface area (Å²) in [6.07, 6.45) is 5.37. The van der Waals surface area contributed by atoms with Gasteiger partial charge >= 0.3 is 0 Å². The summed E-state index contributed by atoms with van der Waals surface area (Å²) in [5.74, 6) is 0.626. The SMILES string of the molecule is O=C(CSc1c2c(nc3cc(Cl)ccc13)CCCC2)N1CCc2ccccc21. The van der Waals surface area contributed by atoms with Crippen molar-refractivity contribution in [3.8, 4) is 0 Å². The molecule has 0 unspecified atom stereocenters. The zero-order valence-electron chi connectivity index (χ0n) is 15.6. The molecule has 1 aliphatic carbocycles. The Hall–Kier alpha value is -2.04. The zero-order chi connectivity index (χ0) is 19.1. The van der Waals surface area contributed by atoms with E-state index in [0.29, 0.717) is 10.8 Å². The highest BCUT2D eigenvalue weighted by Gasteiger charge is 2.25. The minimum absolute atomic E-state index is 0.179. The van der Waals surface area contributed by atoms with Gasteiger partial charge in [-0.1, -0.05) is 35.9 Å². The first-order valence-corrected chi connectivity index (χ1v) is 11.2. The van der Waals surface area contributed by atoms with Crippen LogP contribution in [-0.4, -0.2) is 23.2 Å². The number of fused-ring (bicyclic) bond motifs is 3. The van der Waals surface area contributed by atoms with Gasteiger partial charge in [-0.15, -0.1) is 11.8 Å². The van der Waals surface area contributed by atoms with Gasteiger partial charge in [0.05, 0.1) is 11.3 Å². The van der Waals surface area contributed by atoms with Gasteiger partial charge in [0.15, 0.2) is 0 Å². The van der Waals surface area contributed by atoms with Gasteiger partial charge in [-0.2, -0.15) is 0 Å². The van der Waals surface area contributed by atoms with Crippen LogP contribution in [0.4, 0.5) is 5.69 Å². The third-order valence-electron chi connectivity index (χ3n) is 5.70. The van der Waals surface area contributed by atoms with Gasteiger partial charge < -0.3 is 4.90 Å². The van der Waals surface area contributed by atoms with E-state index < -0.39 is 0 Å². The molecule has 1 amide bonds. The number of pyridine rings is 1. The van der Waals surface area contributed by atoms with Crippen LogP contribution in [0.3, 0.4) is 0 Å². The van der Waals surface area contributed by atoms with E-state index in [1.165, 1.54) is 34.6 Å². The number of anilines is 1. The molecule has 0 fully saturated rings. The van der Waals surface area contributed by atoms with Crippen LogP contribution in [0.15, 0.2) is 47.4 Å². The number of halogens is 1. The Morgan fingerprint density at radius 3 is 2.89 bits per heavy atom. The van der Waals surface area contributed by atoms with E-state index in [2.05, 4.69) is 18.2 Å². The van der Waals surface area contributed by atoms with Crippen LogP contribution < -0.4 is 4.90 Å². The van der Waals surface area contributed by atoms with E-state index in [4.69, 9.17) is 16.6 Å². The van der Waals surface area contributed by atoms with Crippen molar-refractivity contribution in [2.24, 2.45) is 0 Å². The molecule has 2 heterocycles. The standard InChI is InChI=1S/C23H21ClN2OS/c24-16-9-10-18-20(13-16)25-19-7-3-2-6-17(19)23(18)28-14-22(27)26-12-11-15-5-1-4-8-21(15)26/h1,4-5,8-10,13H,2-3,6-7,11-12,14H2. The number of aromatic nitrogens is 1. The fourth-order valence-electron chi connectivity index (χ4n) is 4.33. The van der Waals surface area contributed by atoms with Crippen LogP contribution in [0, 0.1) is 0 Å². The van der Waals surface area contributed by atoms with Crippen molar-refractivity contribution < 1.29 is 4.79 Å². The van der Waals surface area contributed by atoms with Crippen LogP contribution in [0.25, 0.3) is 10.9 Å². The van der Waals surface area contributed by atoms with Crippen molar-refractivity contribution in [1.82, 2.24) is 4.98 Å². The molecule has 2 aromatic carbocycles. The lowest BCUT2D eigenvalue weighted by Crippen LogP contribution is -2.30. The van der Waals surface area contributed by atoms with E-state index in [1.54, 1.807) is 11.8 Å². The molecule has 5 heteroatoms. The van der Waals surface area contributed by atoms with Gasteiger partial charge in [0, 0.05) is 33.2 Å². The number of nitrogens with zero attached hydrogens (tertiary/aromatic N) is 2. The number of hydrogen-bond acceptors (Lipinski definition) is 3. The van der Waals surface area contributed by atoms with Gasteiger partial charge in [0.25, 0.3) is 0 Å². The highest BCUT2D eigenvalue weighted by molar-refractivity contribution is 8.00. The Bertz CT molecular complexity index is 1080. The maximum Gasteiger partial charge on any atom is 0.237 e. The van der Waals surface area contributed by atoms with Crippen LogP contribution in [0.1, 0.15) is 29.7 Å². The Kier molecular flexibility index (Phi) is 4.77. The number of benzene rings is 2. The molecular weight excluding hydrogens is 388 g/mol. The first-order valence-electron chi connectivity index (χ1n) is 9.83. The smallest absolute Gasteiger partial charge is 0.237 e. The molecule has 2 aliphatic rings. The maximum atomic E-state index is 13.0. The Labute approximate surface area is 174 Å². The van der Waals surface area contributed by atoms with Crippen molar-refractivity contribution in [2.45, 2.75) is 37.0 Å². The lowest BCUT2D eigenvalue weighted by atomic mass is 9.94. The first-order chi connectivity index (χ1) is 13.7. The summed E-state index contributed by atoms with van der Waals surface area (Å²) >= 11 is 7.87. The van der Waals surface area contributed by atoms with E-state index in [1.807, 2.05) is 29.2 Å². The van der Waals surface area contributed by atoms with Crippen LogP contribution >= 0.6 is 23.4 Å². The fourth-order valence-corrected chi connectivity index (χ4v) is 5.64. The Morgan fingerprint density at radius 1 is 1.11 bits per heavy atom. The minimum atomic E-state index is 0.179. The number of hydrogen-bond donors (Lipinski definition) is 0. The number of para-hydroxylation sites is 1. The highest BCUT2D eigenvalue weighted by atomic mass is 35.5. The second kappa shape index (κ2) is 7.41. The molecule has 0 radical (unpaired) electrons. The topological polar surface area (TPSA) is 33.2 Å². The van der Waals surface area contributed by atoms with Gasteiger partial charge in [-0.25, -0.2) is 0 Å². The molecule has 0 spiro atoms. The molecular formula is C23H21ClN2OS. The zero-order valence-corrected chi connectivity index (χ0v) is 17.2. The number of rotatable bonds is 3. The molecule has 0 N–H and O–H groups in total. The molecule has 3 aromatic rings. The predicted octanol–water partition coefficient (Wildman–Crippen LogP) is 5.45. The predicted molar refractivity (Wildman–Crippen MR) is 117 cm³/mol. The van der Waals surface area contributed by atoms with Crippen molar-refractivity contribution in [1.29, 1.82) is 0 Å². The van der Waals surface area contributed by atoms with E-state index in [0.717, 1.165) is 42.4 Å². The molecule has 1 aliphatic heterocycles. The number of carbonyl (C=O) groups is 1. The van der Waals surface area contributed by atoms with Crippen LogP contribution in [0.5, 0.6) is 0 Å². The number of amides is 1. The van der Waals surface area contributed by atoms with Gasteiger partial charge in [0.1, 0.15) is 0 Å². The first kappa shape index (κ1) is 18.0. The Balaban J connectivity index is 1.46. The summed E-state index contributed by atoms with van der Waals surface area (Å²) in [4.78, 5) is 21.0. The summed E-state index contributed by atoms with van der Waals surface area (Å²) in [6.45, 7) is 0.781. The fraction of sp³-hybridized carbons (Fsp3) is 0.304. The number of aryl methyl sites for hydroxylation is 1. The normalized spacial score (nSPS) is 15.5. The lowest BCUT2D eigenvalue weighted by molar-refractivity contribution is -0.116. The molecule has 0 atom stereocenters. The summed E-state index contributed by atoms with van der Waals surface area (Å²) in [7, 11) is 0. The second-order valence-corrected chi connectivity index (χ2v) is 8.87. The number of thioether (sulfide) groups is 1. The van der Waals surface area contributed by atoms with Gasteiger partial charge in [0.2, 0.25) is 5.91 Å².